The first kappa shape index (κ1) is 14.6. The summed E-state index contributed by atoms with van der Waals surface area (Å²) in [5.41, 5.74) is 9.79. The molecule has 3 nitrogen and oxygen atoms in total. The highest BCUT2D eigenvalue weighted by atomic mass is 19.1. The molecule has 0 aliphatic heterocycles. The second-order valence-corrected chi connectivity index (χ2v) is 4.98. The van der Waals surface area contributed by atoms with Crippen LogP contribution < -0.4 is 5.73 Å². The number of benzene rings is 1. The zero-order chi connectivity index (χ0) is 14.5. The Balaban J connectivity index is 2.19. The predicted molar refractivity (Wildman–Crippen MR) is 78.1 cm³/mol. The fourth-order valence-corrected chi connectivity index (χ4v) is 2.31. The molecule has 1 aromatic carbocycles. The van der Waals surface area contributed by atoms with Gasteiger partial charge in [0, 0.05) is 17.8 Å². The predicted octanol–water partition coefficient (Wildman–Crippen LogP) is 2.71. The molecule has 0 saturated heterocycles. The molecule has 0 saturated carbocycles. The Morgan fingerprint density at radius 2 is 1.65 bits per heavy atom. The summed E-state index contributed by atoms with van der Waals surface area (Å²) in [6, 6.07) is 6.46. The van der Waals surface area contributed by atoms with E-state index >= 15 is 0 Å². The molecule has 2 aromatic rings. The summed E-state index contributed by atoms with van der Waals surface area (Å²) >= 11 is 0. The van der Waals surface area contributed by atoms with Crippen LogP contribution in [0.3, 0.4) is 0 Å². The Hall–Kier alpha value is -1.81. The summed E-state index contributed by atoms with van der Waals surface area (Å²) in [4.78, 5) is 9.12. The minimum Gasteiger partial charge on any atom is -0.330 e. The molecule has 20 heavy (non-hydrogen) atoms. The van der Waals surface area contributed by atoms with E-state index < -0.39 is 0 Å². The molecule has 1 aromatic heterocycles. The number of nitrogens with two attached hydrogens (primary N) is 1. The molecule has 0 aliphatic rings. The average molecular weight is 273 g/mol. The number of halogens is 1. The van der Waals surface area contributed by atoms with E-state index in [9.17, 15) is 4.39 Å². The molecule has 106 valence electrons. The molecule has 0 spiro atoms. The van der Waals surface area contributed by atoms with E-state index in [1.165, 1.54) is 17.7 Å². The van der Waals surface area contributed by atoms with Gasteiger partial charge in [0.15, 0.2) is 0 Å². The zero-order valence-electron chi connectivity index (χ0n) is 12.0. The monoisotopic (exact) mass is 273 g/mol. The second-order valence-electron chi connectivity index (χ2n) is 4.98. The summed E-state index contributed by atoms with van der Waals surface area (Å²) in [6.45, 7) is 4.69. The van der Waals surface area contributed by atoms with Crippen LogP contribution in [0.4, 0.5) is 4.39 Å². The standard InChI is InChI=1S/C16H20FN3/c1-11-15(4-3-9-18)12(2)20-16(19-11)10-13-5-7-14(17)8-6-13/h5-8H,3-4,9-10,18H2,1-2H3. The number of hydrogen-bond donors (Lipinski definition) is 1. The van der Waals surface area contributed by atoms with Crippen molar-refractivity contribution < 1.29 is 4.39 Å². The van der Waals surface area contributed by atoms with Crippen molar-refractivity contribution in [3.05, 3.63) is 58.4 Å². The molecule has 0 radical (unpaired) electrons. The first-order valence-electron chi connectivity index (χ1n) is 6.87. The van der Waals surface area contributed by atoms with Gasteiger partial charge in [-0.15, -0.1) is 0 Å². The van der Waals surface area contributed by atoms with Crippen molar-refractivity contribution in [2.45, 2.75) is 33.1 Å². The molecule has 0 fully saturated rings. The lowest BCUT2D eigenvalue weighted by molar-refractivity contribution is 0.627. The van der Waals surface area contributed by atoms with E-state index in [-0.39, 0.29) is 5.82 Å². The SMILES string of the molecule is Cc1nc(Cc2ccc(F)cc2)nc(C)c1CCCN. The lowest BCUT2D eigenvalue weighted by Crippen LogP contribution is -2.08. The highest BCUT2D eigenvalue weighted by Crippen LogP contribution is 2.14. The summed E-state index contributed by atoms with van der Waals surface area (Å²) in [7, 11) is 0. The molecular formula is C16H20FN3. The van der Waals surface area contributed by atoms with Gasteiger partial charge in [0.05, 0.1) is 0 Å². The summed E-state index contributed by atoms with van der Waals surface area (Å²) in [5.74, 6) is 0.558. The van der Waals surface area contributed by atoms with Crippen LogP contribution in [0.25, 0.3) is 0 Å². The van der Waals surface area contributed by atoms with Crippen molar-refractivity contribution in [2.24, 2.45) is 5.73 Å². The number of aromatic nitrogens is 2. The van der Waals surface area contributed by atoms with Crippen LogP contribution in [0.1, 0.15) is 34.8 Å². The van der Waals surface area contributed by atoms with Gasteiger partial charge in [-0.3, -0.25) is 0 Å². The third-order valence-corrected chi connectivity index (χ3v) is 3.37. The quantitative estimate of drug-likeness (QED) is 0.911. The minimum atomic E-state index is -0.223. The normalized spacial score (nSPS) is 10.8. The van der Waals surface area contributed by atoms with Crippen molar-refractivity contribution >= 4 is 0 Å². The van der Waals surface area contributed by atoms with Gasteiger partial charge >= 0.3 is 0 Å². The Bertz CT molecular complexity index is 556. The molecule has 0 amide bonds. The van der Waals surface area contributed by atoms with Crippen LogP contribution in [0.2, 0.25) is 0 Å². The molecule has 4 heteroatoms. The Morgan fingerprint density at radius 3 is 2.20 bits per heavy atom. The van der Waals surface area contributed by atoms with Crippen LogP contribution in [-0.4, -0.2) is 16.5 Å². The van der Waals surface area contributed by atoms with Gasteiger partial charge in [-0.2, -0.15) is 0 Å². The Labute approximate surface area is 119 Å². The van der Waals surface area contributed by atoms with Crippen molar-refractivity contribution in [1.29, 1.82) is 0 Å². The van der Waals surface area contributed by atoms with Crippen molar-refractivity contribution in [3.63, 3.8) is 0 Å². The summed E-state index contributed by atoms with van der Waals surface area (Å²) in [5, 5.41) is 0. The van der Waals surface area contributed by atoms with E-state index in [4.69, 9.17) is 5.73 Å². The fraction of sp³-hybridized carbons (Fsp3) is 0.375. The van der Waals surface area contributed by atoms with Gasteiger partial charge < -0.3 is 5.73 Å². The van der Waals surface area contributed by atoms with E-state index in [0.717, 1.165) is 35.6 Å². The lowest BCUT2D eigenvalue weighted by Gasteiger charge is -2.10. The third kappa shape index (κ3) is 3.61. The maximum absolute atomic E-state index is 12.9. The molecule has 1 heterocycles. The van der Waals surface area contributed by atoms with Crippen molar-refractivity contribution in [2.75, 3.05) is 6.54 Å². The van der Waals surface area contributed by atoms with Crippen LogP contribution >= 0.6 is 0 Å². The van der Waals surface area contributed by atoms with Crippen LogP contribution in [-0.2, 0) is 12.8 Å². The van der Waals surface area contributed by atoms with E-state index in [1.807, 2.05) is 13.8 Å². The average Bonchev–Trinajstić information content (AvgIpc) is 2.41. The van der Waals surface area contributed by atoms with Crippen LogP contribution in [0.5, 0.6) is 0 Å². The van der Waals surface area contributed by atoms with Gasteiger partial charge in [0.1, 0.15) is 11.6 Å². The van der Waals surface area contributed by atoms with Gasteiger partial charge in [-0.05, 0) is 56.5 Å². The Kier molecular flexibility index (Phi) is 4.79. The van der Waals surface area contributed by atoms with Gasteiger partial charge in [-0.1, -0.05) is 12.1 Å². The van der Waals surface area contributed by atoms with Crippen molar-refractivity contribution in [1.82, 2.24) is 9.97 Å². The highest BCUT2D eigenvalue weighted by molar-refractivity contribution is 5.27. The number of nitrogens with zero attached hydrogens (tertiary/aromatic N) is 2. The topological polar surface area (TPSA) is 51.8 Å². The van der Waals surface area contributed by atoms with Gasteiger partial charge in [-0.25, -0.2) is 14.4 Å². The highest BCUT2D eigenvalue weighted by Gasteiger charge is 2.08. The molecule has 0 aliphatic carbocycles. The molecule has 0 bridgehead atoms. The van der Waals surface area contributed by atoms with E-state index in [2.05, 4.69) is 9.97 Å². The lowest BCUT2D eigenvalue weighted by atomic mass is 10.1. The molecule has 2 N–H and O–H groups in total. The molecular weight excluding hydrogens is 253 g/mol. The maximum atomic E-state index is 12.9. The second kappa shape index (κ2) is 6.57. The van der Waals surface area contributed by atoms with E-state index in [0.29, 0.717) is 13.0 Å². The largest absolute Gasteiger partial charge is 0.330 e. The minimum absolute atomic E-state index is 0.223. The molecule has 2 rings (SSSR count). The smallest absolute Gasteiger partial charge is 0.133 e. The summed E-state index contributed by atoms with van der Waals surface area (Å²) in [6.07, 6.45) is 2.49. The van der Waals surface area contributed by atoms with Crippen LogP contribution in [0, 0.1) is 19.7 Å². The number of hydrogen-bond acceptors (Lipinski definition) is 3. The van der Waals surface area contributed by atoms with E-state index in [1.54, 1.807) is 12.1 Å². The van der Waals surface area contributed by atoms with Crippen molar-refractivity contribution in [3.8, 4) is 0 Å². The zero-order valence-corrected chi connectivity index (χ0v) is 12.0. The molecule has 0 unspecified atom stereocenters. The summed E-state index contributed by atoms with van der Waals surface area (Å²) < 4.78 is 12.9. The molecule has 0 atom stereocenters. The van der Waals surface area contributed by atoms with Gasteiger partial charge in [0.2, 0.25) is 0 Å². The Morgan fingerprint density at radius 1 is 1.05 bits per heavy atom. The maximum Gasteiger partial charge on any atom is 0.133 e. The number of rotatable bonds is 5. The fourth-order valence-electron chi connectivity index (χ4n) is 2.31. The number of aryl methyl sites for hydroxylation is 2. The first-order valence-corrected chi connectivity index (χ1v) is 6.87. The van der Waals surface area contributed by atoms with Crippen LogP contribution in [0.15, 0.2) is 24.3 Å². The first-order chi connectivity index (χ1) is 9.60. The third-order valence-electron chi connectivity index (χ3n) is 3.37. The van der Waals surface area contributed by atoms with Gasteiger partial charge in [0.25, 0.3) is 0 Å².